The normalized spacial score (nSPS) is 18.3. The molecule has 0 fully saturated rings. The first-order valence-electron chi connectivity index (χ1n) is 11.3. The first-order chi connectivity index (χ1) is 16.4. The molecule has 6 rings (SSSR count). The molecule has 0 radical (unpaired) electrons. The molecule has 34 heavy (non-hydrogen) atoms. The Kier molecular flexibility index (Phi) is 4.75. The van der Waals surface area contributed by atoms with Gasteiger partial charge >= 0.3 is 0 Å². The molecule has 2 aromatic carbocycles. The maximum absolute atomic E-state index is 13.3. The fourth-order valence-corrected chi connectivity index (χ4v) is 5.76. The molecule has 0 saturated carbocycles. The fourth-order valence-electron chi connectivity index (χ4n) is 4.85. The van der Waals surface area contributed by atoms with E-state index in [-0.39, 0.29) is 11.9 Å². The molecule has 0 saturated heterocycles. The van der Waals surface area contributed by atoms with Crippen molar-refractivity contribution in [3.8, 4) is 10.6 Å². The Morgan fingerprint density at radius 3 is 2.94 bits per heavy atom. The van der Waals surface area contributed by atoms with Crippen LogP contribution in [0.15, 0.2) is 61.1 Å². The van der Waals surface area contributed by atoms with Gasteiger partial charge in [-0.1, -0.05) is 53.8 Å². The fraction of sp³-hybridized carbons (Fsp3) is 0.231. The predicted molar refractivity (Wildman–Crippen MR) is 134 cm³/mol. The molecule has 0 aliphatic heterocycles. The van der Waals surface area contributed by atoms with Crippen molar-refractivity contribution in [2.75, 3.05) is 0 Å². The van der Waals surface area contributed by atoms with Gasteiger partial charge in [-0.05, 0) is 42.5 Å². The number of carbonyl (C=O) groups is 1. The van der Waals surface area contributed by atoms with E-state index < -0.39 is 5.54 Å². The van der Waals surface area contributed by atoms with Gasteiger partial charge in [-0.2, -0.15) is 0 Å². The monoisotopic (exact) mass is 468 g/mol. The van der Waals surface area contributed by atoms with Crippen LogP contribution in [0, 0.1) is 0 Å². The summed E-state index contributed by atoms with van der Waals surface area (Å²) in [6, 6.07) is 15.9. The molecule has 3 heterocycles. The topological polar surface area (TPSA) is 98.7 Å². The number of pyridine rings is 1. The molecule has 1 aliphatic carbocycles. The number of hydrogen-bond donors (Lipinski definition) is 2. The van der Waals surface area contributed by atoms with Crippen molar-refractivity contribution in [2.24, 2.45) is 12.8 Å². The van der Waals surface area contributed by atoms with Crippen molar-refractivity contribution in [3.05, 3.63) is 77.7 Å². The molecule has 3 N–H and O–H groups in total. The molecule has 3 aromatic heterocycles. The standard InChI is InChI=1S/C26H24N6OS/c1-15(30-25(33)26(27)11-10-16-6-3-4-9-19(16)26)17-7-5-8-18(12-17)23-31-21-22-20(29-14-32(22)2)13-28-24(21)34-23/h3-9,12-15H,10-11,27H2,1-2H3,(H,30,33)/t15-,26?/m0/s1. The summed E-state index contributed by atoms with van der Waals surface area (Å²) in [5.41, 5.74) is 12.4. The highest BCUT2D eigenvalue weighted by Crippen LogP contribution is 2.36. The van der Waals surface area contributed by atoms with Crippen molar-refractivity contribution in [3.63, 3.8) is 0 Å². The molecule has 1 aliphatic rings. The minimum absolute atomic E-state index is 0.141. The zero-order chi connectivity index (χ0) is 23.4. The van der Waals surface area contributed by atoms with Gasteiger partial charge in [0.25, 0.3) is 0 Å². The Hall–Kier alpha value is -3.62. The number of imidazole rings is 1. The molecule has 0 bridgehead atoms. The summed E-state index contributed by atoms with van der Waals surface area (Å²) in [5.74, 6) is -0.141. The number of nitrogens with one attached hydrogen (secondary N) is 1. The van der Waals surface area contributed by atoms with Crippen LogP contribution in [0.25, 0.3) is 32.0 Å². The number of nitrogens with zero attached hydrogens (tertiary/aromatic N) is 4. The van der Waals surface area contributed by atoms with Gasteiger partial charge in [0.15, 0.2) is 0 Å². The zero-order valence-corrected chi connectivity index (χ0v) is 19.8. The lowest BCUT2D eigenvalue weighted by atomic mass is 9.91. The molecular weight excluding hydrogens is 444 g/mol. The predicted octanol–water partition coefficient (Wildman–Crippen LogP) is 4.22. The number of aromatic nitrogens is 4. The second-order valence-electron chi connectivity index (χ2n) is 8.97. The van der Waals surface area contributed by atoms with Crippen LogP contribution in [0.5, 0.6) is 0 Å². The van der Waals surface area contributed by atoms with E-state index in [1.807, 2.05) is 54.9 Å². The minimum Gasteiger partial charge on any atom is -0.348 e. The Morgan fingerprint density at radius 1 is 1.21 bits per heavy atom. The van der Waals surface area contributed by atoms with Crippen LogP contribution < -0.4 is 11.1 Å². The highest BCUT2D eigenvalue weighted by molar-refractivity contribution is 7.21. The van der Waals surface area contributed by atoms with Crippen molar-refractivity contribution in [1.82, 2.24) is 24.8 Å². The van der Waals surface area contributed by atoms with Gasteiger partial charge in [0, 0.05) is 12.6 Å². The van der Waals surface area contributed by atoms with Crippen LogP contribution in [-0.4, -0.2) is 25.4 Å². The Balaban J connectivity index is 1.29. The molecule has 1 amide bonds. The maximum atomic E-state index is 13.3. The lowest BCUT2D eigenvalue weighted by molar-refractivity contribution is -0.127. The summed E-state index contributed by atoms with van der Waals surface area (Å²) in [6.07, 6.45) is 5.01. The van der Waals surface area contributed by atoms with Gasteiger partial charge in [-0.3, -0.25) is 4.79 Å². The van der Waals surface area contributed by atoms with Crippen molar-refractivity contribution in [1.29, 1.82) is 0 Å². The van der Waals surface area contributed by atoms with Crippen LogP contribution in [0.1, 0.15) is 36.1 Å². The summed E-state index contributed by atoms with van der Waals surface area (Å²) in [4.78, 5) is 28.0. The van der Waals surface area contributed by atoms with Crippen LogP contribution in [-0.2, 0) is 23.8 Å². The summed E-state index contributed by atoms with van der Waals surface area (Å²) in [7, 11) is 1.96. The molecule has 8 heteroatoms. The van der Waals surface area contributed by atoms with Crippen molar-refractivity contribution >= 4 is 38.6 Å². The van der Waals surface area contributed by atoms with E-state index >= 15 is 0 Å². The number of hydrogen-bond acceptors (Lipinski definition) is 6. The lowest BCUT2D eigenvalue weighted by Gasteiger charge is -2.27. The third-order valence-corrected chi connectivity index (χ3v) is 7.79. The second-order valence-corrected chi connectivity index (χ2v) is 9.95. The van der Waals surface area contributed by atoms with Gasteiger partial charge in [0.05, 0.1) is 24.1 Å². The van der Waals surface area contributed by atoms with E-state index in [1.165, 1.54) is 0 Å². The van der Waals surface area contributed by atoms with Crippen LogP contribution >= 0.6 is 11.3 Å². The van der Waals surface area contributed by atoms with Gasteiger partial charge in [0.2, 0.25) is 5.91 Å². The van der Waals surface area contributed by atoms with E-state index in [2.05, 4.69) is 27.4 Å². The van der Waals surface area contributed by atoms with E-state index in [0.717, 1.165) is 55.1 Å². The SMILES string of the molecule is C[C@H](NC(=O)C1(N)CCc2ccccc21)c1cccc(-c2nc3c(ncc4ncn(C)c43)s2)c1. The molecular formula is C26H24N6OS. The summed E-state index contributed by atoms with van der Waals surface area (Å²) >= 11 is 1.55. The summed E-state index contributed by atoms with van der Waals surface area (Å²) in [5, 5.41) is 4.03. The van der Waals surface area contributed by atoms with E-state index in [1.54, 1.807) is 23.9 Å². The molecule has 7 nitrogen and oxygen atoms in total. The minimum atomic E-state index is -0.990. The second kappa shape index (κ2) is 7.72. The third kappa shape index (κ3) is 3.21. The van der Waals surface area contributed by atoms with Gasteiger partial charge in [0.1, 0.15) is 26.4 Å². The number of amides is 1. The van der Waals surface area contributed by atoms with E-state index in [4.69, 9.17) is 10.7 Å². The number of aryl methyl sites for hydroxylation is 2. The lowest BCUT2D eigenvalue weighted by Crippen LogP contribution is -2.50. The first-order valence-corrected chi connectivity index (χ1v) is 12.1. The van der Waals surface area contributed by atoms with Crippen molar-refractivity contribution < 1.29 is 4.79 Å². The Morgan fingerprint density at radius 2 is 2.06 bits per heavy atom. The van der Waals surface area contributed by atoms with Crippen LogP contribution in [0.2, 0.25) is 0 Å². The molecule has 1 unspecified atom stereocenters. The summed E-state index contributed by atoms with van der Waals surface area (Å²) < 4.78 is 1.97. The van der Waals surface area contributed by atoms with Gasteiger partial charge in [-0.25, -0.2) is 15.0 Å². The zero-order valence-electron chi connectivity index (χ0n) is 18.9. The number of rotatable bonds is 4. The quantitative estimate of drug-likeness (QED) is 0.411. The van der Waals surface area contributed by atoms with Crippen molar-refractivity contribution in [2.45, 2.75) is 31.3 Å². The maximum Gasteiger partial charge on any atom is 0.245 e. The number of carbonyl (C=O) groups excluding carboxylic acids is 1. The molecule has 5 aromatic rings. The number of benzene rings is 2. The number of fused-ring (bicyclic) bond motifs is 4. The van der Waals surface area contributed by atoms with Crippen LogP contribution in [0.3, 0.4) is 0 Å². The van der Waals surface area contributed by atoms with E-state index in [0.29, 0.717) is 6.42 Å². The Bertz CT molecular complexity index is 1570. The van der Waals surface area contributed by atoms with E-state index in [9.17, 15) is 4.79 Å². The molecule has 2 atom stereocenters. The van der Waals surface area contributed by atoms with Crippen LogP contribution in [0.4, 0.5) is 0 Å². The average molecular weight is 469 g/mol. The number of thiazole rings is 1. The molecule has 170 valence electrons. The smallest absolute Gasteiger partial charge is 0.245 e. The van der Waals surface area contributed by atoms with Gasteiger partial charge < -0.3 is 15.6 Å². The average Bonchev–Trinajstić information content (AvgIpc) is 3.55. The highest BCUT2D eigenvalue weighted by Gasteiger charge is 2.42. The summed E-state index contributed by atoms with van der Waals surface area (Å²) in [6.45, 7) is 1.99. The largest absolute Gasteiger partial charge is 0.348 e. The third-order valence-electron chi connectivity index (χ3n) is 6.78. The first kappa shape index (κ1) is 20.9. The number of nitrogens with two attached hydrogens (primary N) is 1. The molecule has 0 spiro atoms. The highest BCUT2D eigenvalue weighted by atomic mass is 32.1. The Labute approximate surface area is 200 Å². The van der Waals surface area contributed by atoms with Gasteiger partial charge in [-0.15, -0.1) is 0 Å².